The molecule has 124 valence electrons. The number of rotatable bonds is 6. The largest absolute Gasteiger partial charge is 0.494 e. The number of thiazole rings is 1. The molecule has 0 aliphatic carbocycles. The fourth-order valence-corrected chi connectivity index (χ4v) is 3.44. The average molecular weight is 340 g/mol. The van der Waals surface area contributed by atoms with Crippen molar-refractivity contribution >= 4 is 27.5 Å². The van der Waals surface area contributed by atoms with Crippen molar-refractivity contribution in [3.8, 4) is 5.75 Å². The first-order chi connectivity index (χ1) is 11.7. The zero-order valence-corrected chi connectivity index (χ0v) is 14.7. The second-order valence-corrected chi connectivity index (χ2v) is 6.73. The van der Waals surface area contributed by atoms with E-state index in [1.54, 1.807) is 29.4 Å². The standard InChI is InChI=1S/C19H20N2O2S/c1-3-11-23-15-8-6-7-14(12-15)19(22)21(2)13-18-20-16-9-4-5-10-17(16)24-18/h4-10,12H,3,11,13H2,1-2H3. The summed E-state index contributed by atoms with van der Waals surface area (Å²) in [6, 6.07) is 15.4. The second-order valence-electron chi connectivity index (χ2n) is 5.61. The number of fused-ring (bicyclic) bond motifs is 1. The number of hydrogen-bond acceptors (Lipinski definition) is 4. The van der Waals surface area contributed by atoms with Crippen molar-refractivity contribution in [3.05, 3.63) is 59.1 Å². The van der Waals surface area contributed by atoms with E-state index >= 15 is 0 Å². The molecule has 0 radical (unpaired) electrons. The highest BCUT2D eigenvalue weighted by Gasteiger charge is 2.15. The summed E-state index contributed by atoms with van der Waals surface area (Å²) in [4.78, 5) is 18.9. The van der Waals surface area contributed by atoms with E-state index < -0.39 is 0 Å². The van der Waals surface area contributed by atoms with E-state index in [9.17, 15) is 4.79 Å². The Morgan fingerprint density at radius 2 is 2.04 bits per heavy atom. The Kier molecular flexibility index (Phi) is 5.11. The number of nitrogens with zero attached hydrogens (tertiary/aromatic N) is 2. The monoisotopic (exact) mass is 340 g/mol. The summed E-state index contributed by atoms with van der Waals surface area (Å²) >= 11 is 1.62. The predicted octanol–water partition coefficient (Wildman–Crippen LogP) is 4.36. The zero-order valence-electron chi connectivity index (χ0n) is 13.9. The van der Waals surface area contributed by atoms with E-state index in [2.05, 4.69) is 11.9 Å². The van der Waals surface area contributed by atoms with Crippen LogP contribution in [0.2, 0.25) is 0 Å². The van der Waals surface area contributed by atoms with Crippen LogP contribution in [0.4, 0.5) is 0 Å². The summed E-state index contributed by atoms with van der Waals surface area (Å²) < 4.78 is 6.74. The molecule has 0 fully saturated rings. The van der Waals surface area contributed by atoms with Crippen molar-refractivity contribution in [2.45, 2.75) is 19.9 Å². The predicted molar refractivity (Wildman–Crippen MR) is 97.6 cm³/mol. The van der Waals surface area contributed by atoms with Gasteiger partial charge in [-0.1, -0.05) is 25.1 Å². The zero-order chi connectivity index (χ0) is 16.9. The molecule has 2 aromatic carbocycles. The Balaban J connectivity index is 1.72. The van der Waals surface area contributed by atoms with Crippen molar-refractivity contribution in [1.82, 2.24) is 9.88 Å². The Labute approximate surface area is 145 Å². The smallest absolute Gasteiger partial charge is 0.254 e. The molecule has 1 heterocycles. The first kappa shape index (κ1) is 16.5. The van der Waals surface area contributed by atoms with Gasteiger partial charge in [-0.15, -0.1) is 11.3 Å². The third-order valence-corrected chi connectivity index (χ3v) is 4.63. The minimum Gasteiger partial charge on any atom is -0.494 e. The number of benzene rings is 2. The molecular weight excluding hydrogens is 320 g/mol. The molecule has 0 saturated heterocycles. The van der Waals surface area contributed by atoms with Crippen LogP contribution in [-0.2, 0) is 6.54 Å². The van der Waals surface area contributed by atoms with Gasteiger partial charge < -0.3 is 9.64 Å². The maximum absolute atomic E-state index is 12.6. The maximum atomic E-state index is 12.6. The molecule has 24 heavy (non-hydrogen) atoms. The summed E-state index contributed by atoms with van der Waals surface area (Å²) in [6.07, 6.45) is 0.940. The molecule has 1 amide bonds. The number of para-hydroxylation sites is 1. The highest BCUT2D eigenvalue weighted by molar-refractivity contribution is 7.18. The lowest BCUT2D eigenvalue weighted by Gasteiger charge is -2.16. The molecular formula is C19H20N2O2S. The van der Waals surface area contributed by atoms with Gasteiger partial charge in [-0.2, -0.15) is 0 Å². The van der Waals surface area contributed by atoms with Gasteiger partial charge in [0.2, 0.25) is 0 Å². The molecule has 0 atom stereocenters. The van der Waals surface area contributed by atoms with E-state index in [-0.39, 0.29) is 5.91 Å². The molecule has 3 aromatic rings. The van der Waals surface area contributed by atoms with Crippen LogP contribution in [0.3, 0.4) is 0 Å². The van der Waals surface area contributed by atoms with Gasteiger partial charge in [0.1, 0.15) is 10.8 Å². The number of aromatic nitrogens is 1. The molecule has 1 aromatic heterocycles. The van der Waals surface area contributed by atoms with Crippen molar-refractivity contribution in [1.29, 1.82) is 0 Å². The minimum atomic E-state index is -0.0313. The quantitative estimate of drug-likeness (QED) is 0.670. The van der Waals surface area contributed by atoms with Gasteiger partial charge in [-0.05, 0) is 36.8 Å². The number of carbonyl (C=O) groups excluding carboxylic acids is 1. The van der Waals surface area contributed by atoms with E-state index in [0.29, 0.717) is 18.7 Å². The molecule has 0 spiro atoms. The topological polar surface area (TPSA) is 42.4 Å². The minimum absolute atomic E-state index is 0.0313. The van der Waals surface area contributed by atoms with Crippen molar-refractivity contribution < 1.29 is 9.53 Å². The SMILES string of the molecule is CCCOc1cccc(C(=O)N(C)Cc2nc3ccccc3s2)c1. The lowest BCUT2D eigenvalue weighted by molar-refractivity contribution is 0.0784. The fraction of sp³-hybridized carbons (Fsp3) is 0.263. The van der Waals surface area contributed by atoms with E-state index in [1.165, 1.54) is 0 Å². The van der Waals surface area contributed by atoms with Crippen LogP contribution in [0.25, 0.3) is 10.2 Å². The van der Waals surface area contributed by atoms with E-state index in [4.69, 9.17) is 4.74 Å². The van der Waals surface area contributed by atoms with Gasteiger partial charge in [-0.3, -0.25) is 4.79 Å². The van der Waals surface area contributed by atoms with E-state index in [1.807, 2.05) is 42.5 Å². The molecule has 0 aliphatic heterocycles. The lowest BCUT2D eigenvalue weighted by atomic mass is 10.2. The highest BCUT2D eigenvalue weighted by Crippen LogP contribution is 2.23. The van der Waals surface area contributed by atoms with Gasteiger partial charge >= 0.3 is 0 Å². The van der Waals surface area contributed by atoms with Crippen LogP contribution in [0.5, 0.6) is 5.75 Å². The summed E-state index contributed by atoms with van der Waals surface area (Å²) in [5.74, 6) is 0.701. The molecule has 0 unspecified atom stereocenters. The third-order valence-electron chi connectivity index (χ3n) is 3.61. The molecule has 3 rings (SSSR count). The summed E-state index contributed by atoms with van der Waals surface area (Å²) in [5, 5.41) is 0.936. The van der Waals surface area contributed by atoms with Gasteiger partial charge in [-0.25, -0.2) is 4.98 Å². The molecule has 0 saturated carbocycles. The number of carbonyl (C=O) groups is 1. The maximum Gasteiger partial charge on any atom is 0.254 e. The first-order valence-corrected chi connectivity index (χ1v) is 8.82. The fourth-order valence-electron chi connectivity index (χ4n) is 2.42. The number of amides is 1. The van der Waals surface area contributed by atoms with Gasteiger partial charge in [0.15, 0.2) is 0 Å². The van der Waals surface area contributed by atoms with Crippen molar-refractivity contribution in [3.63, 3.8) is 0 Å². The number of ether oxygens (including phenoxy) is 1. The Hall–Kier alpha value is -2.40. The highest BCUT2D eigenvalue weighted by atomic mass is 32.1. The lowest BCUT2D eigenvalue weighted by Crippen LogP contribution is -2.26. The molecule has 4 nitrogen and oxygen atoms in total. The summed E-state index contributed by atoms with van der Waals surface area (Å²) in [5.41, 5.74) is 1.61. The Morgan fingerprint density at radius 3 is 2.83 bits per heavy atom. The third kappa shape index (κ3) is 3.74. The van der Waals surface area contributed by atoms with Crippen LogP contribution in [-0.4, -0.2) is 29.4 Å². The van der Waals surface area contributed by atoms with Gasteiger partial charge in [0.05, 0.1) is 23.4 Å². The second kappa shape index (κ2) is 7.45. The molecule has 5 heteroatoms. The average Bonchev–Trinajstić information content (AvgIpc) is 3.01. The van der Waals surface area contributed by atoms with Crippen LogP contribution in [0, 0.1) is 0 Å². The summed E-state index contributed by atoms with van der Waals surface area (Å²) in [6.45, 7) is 3.21. The first-order valence-electron chi connectivity index (χ1n) is 8.00. The van der Waals surface area contributed by atoms with Crippen LogP contribution < -0.4 is 4.74 Å². The van der Waals surface area contributed by atoms with Crippen LogP contribution in [0.1, 0.15) is 28.7 Å². The van der Waals surface area contributed by atoms with E-state index in [0.717, 1.165) is 27.4 Å². The van der Waals surface area contributed by atoms with Crippen molar-refractivity contribution in [2.24, 2.45) is 0 Å². The van der Waals surface area contributed by atoms with Gasteiger partial charge in [0.25, 0.3) is 5.91 Å². The molecule has 0 aliphatic rings. The normalized spacial score (nSPS) is 10.8. The molecule has 0 N–H and O–H groups in total. The van der Waals surface area contributed by atoms with Crippen molar-refractivity contribution in [2.75, 3.05) is 13.7 Å². The Morgan fingerprint density at radius 1 is 1.21 bits per heavy atom. The van der Waals surface area contributed by atoms with Gasteiger partial charge in [0, 0.05) is 12.6 Å². The summed E-state index contributed by atoms with van der Waals surface area (Å²) in [7, 11) is 1.80. The Bertz CT molecular complexity index is 811. The number of hydrogen-bond donors (Lipinski definition) is 0. The molecule has 0 bridgehead atoms. The van der Waals surface area contributed by atoms with Crippen LogP contribution >= 0.6 is 11.3 Å². The van der Waals surface area contributed by atoms with Crippen LogP contribution in [0.15, 0.2) is 48.5 Å².